The van der Waals surface area contributed by atoms with Crippen molar-refractivity contribution in [3.8, 4) is 0 Å². The van der Waals surface area contributed by atoms with Crippen molar-refractivity contribution in [2.45, 2.75) is 31.7 Å². The first-order valence-electron chi connectivity index (χ1n) is 12.0. The van der Waals surface area contributed by atoms with E-state index in [1.807, 2.05) is 42.5 Å². The lowest BCUT2D eigenvalue weighted by Crippen LogP contribution is -2.54. The van der Waals surface area contributed by atoms with Gasteiger partial charge in [-0.25, -0.2) is 4.98 Å². The lowest BCUT2D eigenvalue weighted by atomic mass is 10.0. The van der Waals surface area contributed by atoms with Crippen molar-refractivity contribution in [2.24, 2.45) is 0 Å². The summed E-state index contributed by atoms with van der Waals surface area (Å²) in [4.78, 5) is 32.0. The number of nitrogens with two attached hydrogens (primary N) is 1. The SMILES string of the molecule is Nc1nccc2cc(CCC(=O)CNC(=O)C(CCc3ccccc3)N3CCNCC3)ccc12. The van der Waals surface area contributed by atoms with Crippen LogP contribution in [0.3, 0.4) is 0 Å². The fourth-order valence-electron chi connectivity index (χ4n) is 4.50. The van der Waals surface area contributed by atoms with Crippen LogP contribution in [0.5, 0.6) is 0 Å². The number of hydrogen-bond donors (Lipinski definition) is 3. The van der Waals surface area contributed by atoms with Crippen molar-refractivity contribution in [1.29, 1.82) is 0 Å². The van der Waals surface area contributed by atoms with Gasteiger partial charge < -0.3 is 16.4 Å². The number of pyridine rings is 1. The monoisotopic (exact) mass is 459 g/mol. The average molecular weight is 460 g/mol. The van der Waals surface area contributed by atoms with E-state index >= 15 is 0 Å². The first kappa shape index (κ1) is 23.9. The minimum absolute atomic E-state index is 0.0322. The Morgan fingerprint density at radius 1 is 1.03 bits per heavy atom. The Balaban J connectivity index is 1.29. The van der Waals surface area contributed by atoms with E-state index in [2.05, 4.69) is 32.7 Å². The van der Waals surface area contributed by atoms with E-state index in [1.165, 1.54) is 5.56 Å². The predicted octanol–water partition coefficient (Wildman–Crippen LogP) is 2.34. The quantitative estimate of drug-likeness (QED) is 0.430. The van der Waals surface area contributed by atoms with Crippen molar-refractivity contribution >= 4 is 28.3 Å². The van der Waals surface area contributed by atoms with Crippen molar-refractivity contribution in [2.75, 3.05) is 38.5 Å². The third-order valence-corrected chi connectivity index (χ3v) is 6.46. The van der Waals surface area contributed by atoms with Crippen molar-refractivity contribution in [3.63, 3.8) is 0 Å². The van der Waals surface area contributed by atoms with Gasteiger partial charge in [0.05, 0.1) is 12.6 Å². The molecule has 0 saturated carbocycles. The van der Waals surface area contributed by atoms with Crippen LogP contribution in [0.25, 0.3) is 10.8 Å². The molecular weight excluding hydrogens is 426 g/mol. The number of rotatable bonds is 10. The van der Waals surface area contributed by atoms with E-state index in [0.29, 0.717) is 18.7 Å². The van der Waals surface area contributed by atoms with Crippen molar-refractivity contribution in [3.05, 3.63) is 71.9 Å². The molecule has 34 heavy (non-hydrogen) atoms. The summed E-state index contributed by atoms with van der Waals surface area (Å²) < 4.78 is 0. The van der Waals surface area contributed by atoms with Gasteiger partial charge in [-0.05, 0) is 41.8 Å². The number of hydrogen-bond acceptors (Lipinski definition) is 6. The van der Waals surface area contributed by atoms with Gasteiger partial charge in [0.1, 0.15) is 5.82 Å². The van der Waals surface area contributed by atoms with Gasteiger partial charge >= 0.3 is 0 Å². The second-order valence-electron chi connectivity index (χ2n) is 8.83. The molecule has 0 spiro atoms. The largest absolute Gasteiger partial charge is 0.383 e. The molecular formula is C27H33N5O2. The van der Waals surface area contributed by atoms with Crippen LogP contribution in [0, 0.1) is 0 Å². The number of anilines is 1. The molecule has 1 saturated heterocycles. The van der Waals surface area contributed by atoms with E-state index in [9.17, 15) is 9.59 Å². The molecule has 0 aliphatic carbocycles. The van der Waals surface area contributed by atoms with Gasteiger partial charge in [-0.15, -0.1) is 0 Å². The minimum Gasteiger partial charge on any atom is -0.383 e. The number of piperazine rings is 1. The highest BCUT2D eigenvalue weighted by atomic mass is 16.2. The van der Waals surface area contributed by atoms with Crippen molar-refractivity contribution < 1.29 is 9.59 Å². The lowest BCUT2D eigenvalue weighted by molar-refractivity contribution is -0.129. The topological polar surface area (TPSA) is 100 Å². The zero-order valence-electron chi connectivity index (χ0n) is 19.5. The number of carbonyl (C=O) groups excluding carboxylic acids is 2. The highest BCUT2D eigenvalue weighted by Gasteiger charge is 2.27. The molecule has 1 atom stereocenters. The van der Waals surface area contributed by atoms with Crippen LogP contribution in [-0.2, 0) is 22.4 Å². The van der Waals surface area contributed by atoms with E-state index in [-0.39, 0.29) is 24.3 Å². The number of benzene rings is 2. The molecule has 178 valence electrons. The van der Waals surface area contributed by atoms with Gasteiger partial charge in [0.15, 0.2) is 5.78 Å². The van der Waals surface area contributed by atoms with Crippen LogP contribution in [0.15, 0.2) is 60.8 Å². The summed E-state index contributed by atoms with van der Waals surface area (Å²) in [5.41, 5.74) is 8.21. The summed E-state index contributed by atoms with van der Waals surface area (Å²) in [5, 5.41) is 8.19. The number of aromatic nitrogens is 1. The molecule has 4 rings (SSSR count). The van der Waals surface area contributed by atoms with E-state index < -0.39 is 0 Å². The number of nitrogen functional groups attached to an aromatic ring is 1. The summed E-state index contributed by atoms with van der Waals surface area (Å²) >= 11 is 0. The van der Waals surface area contributed by atoms with Crippen LogP contribution in [0.2, 0.25) is 0 Å². The molecule has 3 aromatic rings. The summed E-state index contributed by atoms with van der Waals surface area (Å²) in [6.45, 7) is 3.49. The zero-order valence-corrected chi connectivity index (χ0v) is 19.5. The average Bonchev–Trinajstić information content (AvgIpc) is 2.87. The van der Waals surface area contributed by atoms with Gasteiger partial charge in [-0.2, -0.15) is 0 Å². The third kappa shape index (κ3) is 6.40. The maximum atomic E-state index is 13.1. The molecule has 7 heteroatoms. The highest BCUT2D eigenvalue weighted by molar-refractivity contribution is 5.91. The Bertz CT molecular complexity index is 1110. The number of nitrogens with one attached hydrogen (secondary N) is 2. The molecule has 1 aromatic heterocycles. The Kier molecular flexibility index (Phi) is 8.22. The molecule has 1 unspecified atom stereocenters. The maximum absolute atomic E-state index is 13.1. The Hall–Kier alpha value is -3.29. The molecule has 1 aliphatic heterocycles. The molecule has 0 radical (unpaired) electrons. The highest BCUT2D eigenvalue weighted by Crippen LogP contribution is 2.20. The first-order valence-corrected chi connectivity index (χ1v) is 12.0. The molecule has 2 heterocycles. The maximum Gasteiger partial charge on any atom is 0.237 e. The minimum atomic E-state index is -0.227. The van der Waals surface area contributed by atoms with Crippen LogP contribution < -0.4 is 16.4 Å². The Labute approximate surface area is 200 Å². The smallest absolute Gasteiger partial charge is 0.237 e. The number of fused-ring (bicyclic) bond motifs is 1. The molecule has 1 amide bonds. The second kappa shape index (κ2) is 11.7. The van der Waals surface area contributed by atoms with Crippen LogP contribution >= 0.6 is 0 Å². The molecule has 4 N–H and O–H groups in total. The molecule has 7 nitrogen and oxygen atoms in total. The number of Topliss-reactive ketones (excluding diaryl/α,β-unsaturated/α-hetero) is 1. The number of amides is 1. The normalized spacial score (nSPS) is 15.2. The van der Waals surface area contributed by atoms with Gasteiger partial charge in [0.2, 0.25) is 5.91 Å². The fourth-order valence-corrected chi connectivity index (χ4v) is 4.50. The number of nitrogens with zero attached hydrogens (tertiary/aromatic N) is 2. The number of aryl methyl sites for hydroxylation is 2. The van der Waals surface area contributed by atoms with E-state index in [4.69, 9.17) is 5.73 Å². The van der Waals surface area contributed by atoms with Crippen LogP contribution in [-0.4, -0.2) is 60.3 Å². The van der Waals surface area contributed by atoms with Crippen molar-refractivity contribution in [1.82, 2.24) is 20.5 Å². The van der Waals surface area contributed by atoms with Crippen LogP contribution in [0.1, 0.15) is 24.0 Å². The summed E-state index contributed by atoms with van der Waals surface area (Å²) in [5.74, 6) is 0.485. The third-order valence-electron chi connectivity index (χ3n) is 6.46. The molecule has 0 bridgehead atoms. The Morgan fingerprint density at radius 2 is 1.82 bits per heavy atom. The summed E-state index contributed by atoms with van der Waals surface area (Å²) in [6.07, 6.45) is 4.27. The van der Waals surface area contributed by atoms with E-state index in [0.717, 1.165) is 55.4 Å². The molecule has 1 fully saturated rings. The van der Waals surface area contributed by atoms with E-state index in [1.54, 1.807) is 6.20 Å². The molecule has 1 aliphatic rings. The van der Waals surface area contributed by atoms with Gasteiger partial charge in [0, 0.05) is 44.2 Å². The Morgan fingerprint density at radius 3 is 2.62 bits per heavy atom. The fraction of sp³-hybridized carbons (Fsp3) is 0.370. The first-order chi connectivity index (χ1) is 16.6. The lowest BCUT2D eigenvalue weighted by Gasteiger charge is -2.34. The van der Waals surface area contributed by atoms with Crippen LogP contribution in [0.4, 0.5) is 5.82 Å². The van der Waals surface area contributed by atoms with Gasteiger partial charge in [-0.3, -0.25) is 14.5 Å². The van der Waals surface area contributed by atoms with Gasteiger partial charge in [-0.1, -0.05) is 48.5 Å². The number of ketones is 1. The standard InChI is InChI=1S/C27H33N5O2/c28-26-24-10-7-21(18-22(24)12-13-30-26)6-9-23(33)19-31-27(34)25(32-16-14-29-15-17-32)11-8-20-4-2-1-3-5-20/h1-5,7,10,12-13,18,25,29H,6,8-9,11,14-17,19H2,(H2,28,30)(H,31,34). The zero-order chi connectivity index (χ0) is 23.8. The predicted molar refractivity (Wildman–Crippen MR) is 135 cm³/mol. The second-order valence-corrected chi connectivity index (χ2v) is 8.83. The summed E-state index contributed by atoms with van der Waals surface area (Å²) in [7, 11) is 0. The van der Waals surface area contributed by atoms with Gasteiger partial charge in [0.25, 0.3) is 0 Å². The summed E-state index contributed by atoms with van der Waals surface area (Å²) in [6, 6.07) is 17.9. The molecule has 2 aromatic carbocycles. The number of carbonyl (C=O) groups is 2.